The number of primary amides is 1. The van der Waals surface area contributed by atoms with Crippen LogP contribution < -0.4 is 16.4 Å². The normalized spacial score (nSPS) is 18.2. The average molecular weight is 529 g/mol. The minimum Gasteiger partial charge on any atom is -0.364 e. The molecule has 1 saturated carbocycles. The van der Waals surface area contributed by atoms with Crippen molar-refractivity contribution < 1.29 is 18.0 Å². The van der Waals surface area contributed by atoms with Crippen molar-refractivity contribution in [2.45, 2.75) is 42.7 Å². The van der Waals surface area contributed by atoms with Crippen LogP contribution in [0.25, 0.3) is 0 Å². The number of hydrogen-bond donors (Lipinski definition) is 3. The number of anilines is 3. The van der Waals surface area contributed by atoms with Crippen LogP contribution in [-0.2, 0) is 14.6 Å². The first-order valence-corrected chi connectivity index (χ1v) is 14.0. The van der Waals surface area contributed by atoms with Crippen molar-refractivity contribution in [2.75, 3.05) is 43.6 Å². The fourth-order valence-electron chi connectivity index (χ4n) is 4.13. The third kappa shape index (κ3) is 7.23. The van der Waals surface area contributed by atoms with Gasteiger partial charge in [0, 0.05) is 49.7 Å². The Balaban J connectivity index is 1.41. The molecule has 0 unspecified atom stereocenters. The molecule has 0 spiro atoms. The largest absolute Gasteiger partial charge is 0.364 e. The van der Waals surface area contributed by atoms with E-state index in [4.69, 9.17) is 5.73 Å². The van der Waals surface area contributed by atoms with Crippen LogP contribution in [0.15, 0.2) is 41.3 Å². The number of carbonyl (C=O) groups is 2. The Morgan fingerprint density at radius 3 is 2.57 bits per heavy atom. The van der Waals surface area contributed by atoms with Gasteiger partial charge in [0.2, 0.25) is 11.9 Å². The lowest BCUT2D eigenvalue weighted by molar-refractivity contribution is -0.127. The van der Waals surface area contributed by atoms with Gasteiger partial charge in [0.1, 0.15) is 0 Å². The highest BCUT2D eigenvalue weighted by Gasteiger charge is 2.26. The zero-order valence-electron chi connectivity index (χ0n) is 20.9. The molecule has 2 heterocycles. The minimum absolute atomic E-state index is 0.0290. The molecule has 2 aromatic rings. The molecular weight excluding hydrogens is 496 g/mol. The van der Waals surface area contributed by atoms with E-state index in [9.17, 15) is 18.0 Å². The summed E-state index contributed by atoms with van der Waals surface area (Å²) in [4.78, 5) is 33.1. The maximum atomic E-state index is 12.7. The van der Waals surface area contributed by atoms with Crippen molar-refractivity contribution in [2.24, 2.45) is 5.73 Å². The summed E-state index contributed by atoms with van der Waals surface area (Å²) in [5, 5.41) is 14.1. The number of nitrogens with two attached hydrogens (primary N) is 1. The van der Waals surface area contributed by atoms with Gasteiger partial charge >= 0.3 is 0 Å². The van der Waals surface area contributed by atoms with Crippen LogP contribution in [0.3, 0.4) is 0 Å². The fourth-order valence-corrected chi connectivity index (χ4v) is 4.76. The lowest BCUT2D eigenvalue weighted by Crippen LogP contribution is -2.44. The van der Waals surface area contributed by atoms with E-state index < -0.39 is 15.7 Å². The third-order valence-electron chi connectivity index (χ3n) is 6.36. The molecule has 1 aliphatic heterocycles. The maximum absolute atomic E-state index is 12.7. The second kappa shape index (κ2) is 11.2. The van der Waals surface area contributed by atoms with E-state index in [1.165, 1.54) is 25.0 Å². The highest BCUT2D eigenvalue weighted by atomic mass is 32.2. The Morgan fingerprint density at radius 1 is 1.19 bits per heavy atom. The number of amides is 2. The molecule has 1 atom stereocenters. The SMILES string of the molecule is CN(CC=CC(=O)N1CCC[C@@H](Nc2nnc(C(N)=O)c(Nc3ccc(S(C)(=O)=O)cc3)n2)C1)C1CC1. The van der Waals surface area contributed by atoms with Gasteiger partial charge < -0.3 is 21.3 Å². The number of nitrogens with zero attached hydrogens (tertiary/aromatic N) is 5. The van der Waals surface area contributed by atoms with Gasteiger partial charge in [-0.15, -0.1) is 10.2 Å². The molecule has 1 aromatic carbocycles. The first-order chi connectivity index (χ1) is 17.6. The molecule has 37 heavy (non-hydrogen) atoms. The van der Waals surface area contributed by atoms with Crippen molar-refractivity contribution in [1.29, 1.82) is 0 Å². The summed E-state index contributed by atoms with van der Waals surface area (Å²) >= 11 is 0. The summed E-state index contributed by atoms with van der Waals surface area (Å²) in [7, 11) is -1.27. The van der Waals surface area contributed by atoms with E-state index in [0.29, 0.717) is 24.8 Å². The highest BCUT2D eigenvalue weighted by molar-refractivity contribution is 7.90. The number of hydrogen-bond acceptors (Lipinski definition) is 10. The molecule has 1 saturated heterocycles. The van der Waals surface area contributed by atoms with Gasteiger partial charge in [0.25, 0.3) is 5.91 Å². The number of likely N-dealkylation sites (N-methyl/N-ethyl adjacent to an activating group) is 1. The first-order valence-electron chi connectivity index (χ1n) is 12.1. The molecule has 2 aliphatic rings. The number of likely N-dealkylation sites (tertiary alicyclic amines) is 1. The average Bonchev–Trinajstić information content (AvgIpc) is 3.70. The predicted octanol–water partition coefficient (Wildman–Crippen LogP) is 1.17. The molecule has 4 rings (SSSR count). The molecule has 4 N–H and O–H groups in total. The van der Waals surface area contributed by atoms with E-state index >= 15 is 0 Å². The van der Waals surface area contributed by atoms with Gasteiger partial charge in [-0.25, -0.2) is 8.42 Å². The summed E-state index contributed by atoms with van der Waals surface area (Å²) in [5.74, 6) is -0.571. The molecule has 1 aromatic heterocycles. The van der Waals surface area contributed by atoms with Gasteiger partial charge in [-0.2, -0.15) is 4.98 Å². The number of carbonyl (C=O) groups excluding carboxylic acids is 2. The summed E-state index contributed by atoms with van der Waals surface area (Å²) in [6.07, 6.45) is 8.75. The number of aromatic nitrogens is 3. The van der Waals surface area contributed by atoms with Crippen molar-refractivity contribution in [3.05, 3.63) is 42.1 Å². The lowest BCUT2D eigenvalue weighted by Gasteiger charge is -2.32. The molecule has 0 radical (unpaired) electrons. The van der Waals surface area contributed by atoms with E-state index in [1.54, 1.807) is 23.1 Å². The number of sulfone groups is 1. The van der Waals surface area contributed by atoms with Crippen LogP contribution in [0.5, 0.6) is 0 Å². The molecule has 12 nitrogen and oxygen atoms in total. The van der Waals surface area contributed by atoms with Crippen LogP contribution in [0.1, 0.15) is 36.2 Å². The van der Waals surface area contributed by atoms with Crippen molar-refractivity contribution in [1.82, 2.24) is 25.0 Å². The number of piperidine rings is 1. The zero-order chi connectivity index (χ0) is 26.6. The van der Waals surface area contributed by atoms with Gasteiger partial charge in [0.15, 0.2) is 21.3 Å². The van der Waals surface area contributed by atoms with Crippen LogP contribution in [-0.4, -0.2) is 90.2 Å². The Kier molecular flexibility index (Phi) is 8.03. The molecule has 1 aliphatic carbocycles. The number of nitrogens with one attached hydrogen (secondary N) is 2. The number of rotatable bonds is 10. The van der Waals surface area contributed by atoms with Gasteiger partial charge in [-0.3, -0.25) is 14.5 Å². The lowest BCUT2D eigenvalue weighted by atomic mass is 10.1. The van der Waals surface area contributed by atoms with Crippen molar-refractivity contribution in [3.8, 4) is 0 Å². The maximum Gasteiger partial charge on any atom is 0.273 e. The summed E-state index contributed by atoms with van der Waals surface area (Å²) in [6, 6.07) is 6.55. The fraction of sp³-hybridized carbons (Fsp3) is 0.458. The molecule has 0 bridgehead atoms. The zero-order valence-corrected chi connectivity index (χ0v) is 21.7. The third-order valence-corrected chi connectivity index (χ3v) is 7.48. The smallest absolute Gasteiger partial charge is 0.273 e. The van der Waals surface area contributed by atoms with Gasteiger partial charge in [-0.1, -0.05) is 6.08 Å². The van der Waals surface area contributed by atoms with Crippen LogP contribution in [0, 0.1) is 0 Å². The van der Waals surface area contributed by atoms with E-state index in [2.05, 4.69) is 37.8 Å². The molecule has 2 fully saturated rings. The standard InChI is InChI=1S/C24H32N8O4S/c1-31(18-9-10-18)13-4-6-20(33)32-14-3-5-17(15-32)27-24-28-23(21(22(25)34)29-30-24)26-16-7-11-19(12-8-16)37(2,35)36/h4,6-8,11-12,17-18H,3,5,9-10,13-15H2,1-2H3,(H2,25,34)(H2,26,27,28,30)/t17-/m1/s1. The van der Waals surface area contributed by atoms with Gasteiger partial charge in [-0.05, 0) is 57.0 Å². The van der Waals surface area contributed by atoms with Crippen LogP contribution >= 0.6 is 0 Å². The van der Waals surface area contributed by atoms with Crippen molar-refractivity contribution >= 4 is 39.1 Å². The summed E-state index contributed by atoms with van der Waals surface area (Å²) in [5.41, 5.74) is 5.78. The summed E-state index contributed by atoms with van der Waals surface area (Å²) in [6.45, 7) is 1.92. The minimum atomic E-state index is -3.34. The molecule has 2 amide bonds. The van der Waals surface area contributed by atoms with E-state index in [0.717, 1.165) is 25.6 Å². The Bertz CT molecular complexity index is 1280. The second-order valence-electron chi connectivity index (χ2n) is 9.46. The first kappa shape index (κ1) is 26.5. The molecule has 198 valence electrons. The summed E-state index contributed by atoms with van der Waals surface area (Å²) < 4.78 is 23.4. The molecular formula is C24H32N8O4S. The Labute approximate surface area is 216 Å². The Morgan fingerprint density at radius 2 is 1.92 bits per heavy atom. The highest BCUT2D eigenvalue weighted by Crippen LogP contribution is 2.25. The van der Waals surface area contributed by atoms with Crippen LogP contribution in [0.2, 0.25) is 0 Å². The van der Waals surface area contributed by atoms with E-state index in [1.807, 2.05) is 6.08 Å². The predicted molar refractivity (Wildman–Crippen MR) is 139 cm³/mol. The topological polar surface area (TPSA) is 164 Å². The number of benzene rings is 1. The van der Waals surface area contributed by atoms with Gasteiger partial charge in [0.05, 0.1) is 4.90 Å². The quantitative estimate of drug-likeness (QED) is 0.381. The monoisotopic (exact) mass is 528 g/mol. The van der Waals surface area contributed by atoms with Crippen molar-refractivity contribution in [3.63, 3.8) is 0 Å². The molecule has 13 heteroatoms. The van der Waals surface area contributed by atoms with E-state index in [-0.39, 0.29) is 34.3 Å². The Hall–Kier alpha value is -3.58. The second-order valence-corrected chi connectivity index (χ2v) is 11.5. The van der Waals surface area contributed by atoms with Crippen LogP contribution in [0.4, 0.5) is 17.5 Å².